The summed E-state index contributed by atoms with van der Waals surface area (Å²) in [5.41, 5.74) is 2.02. The van der Waals surface area contributed by atoms with E-state index in [-0.39, 0.29) is 5.91 Å². The van der Waals surface area contributed by atoms with E-state index < -0.39 is 0 Å². The van der Waals surface area contributed by atoms with Crippen molar-refractivity contribution in [2.75, 3.05) is 10.8 Å². The smallest absolute Gasteiger partial charge is 0.252 e. The van der Waals surface area contributed by atoms with E-state index in [1.165, 1.54) is 0 Å². The largest absolute Gasteiger partial charge is 0.299 e. The molecule has 0 N–H and O–H groups in total. The molecule has 0 saturated carbocycles. The van der Waals surface area contributed by atoms with Gasteiger partial charge in [-0.1, -0.05) is 46.3 Å². The van der Waals surface area contributed by atoms with Crippen LogP contribution in [-0.4, -0.2) is 11.8 Å². The molecule has 0 bridgehead atoms. The Labute approximate surface area is 130 Å². The van der Waals surface area contributed by atoms with Crippen molar-refractivity contribution in [1.82, 2.24) is 0 Å². The van der Waals surface area contributed by atoms with E-state index in [4.69, 9.17) is 0 Å². The van der Waals surface area contributed by atoms with Crippen molar-refractivity contribution >= 4 is 44.2 Å². The number of nitrogens with zero attached hydrogens (tertiary/aromatic N) is 1. The van der Waals surface area contributed by atoms with Crippen LogP contribution in [0.5, 0.6) is 0 Å². The molecule has 0 aliphatic carbocycles. The number of anilines is 1. The lowest BCUT2D eigenvalue weighted by Gasteiger charge is -2.26. The van der Waals surface area contributed by atoms with Gasteiger partial charge < -0.3 is 0 Å². The van der Waals surface area contributed by atoms with E-state index in [0.29, 0.717) is 5.88 Å². The lowest BCUT2D eigenvalue weighted by Crippen LogP contribution is -2.31. The Balaban J connectivity index is 1.85. The van der Waals surface area contributed by atoms with Crippen LogP contribution >= 0.6 is 27.7 Å². The zero-order valence-electron chi connectivity index (χ0n) is 10.6. The quantitative estimate of drug-likeness (QED) is 0.796. The predicted molar refractivity (Wildman–Crippen MR) is 88.5 cm³/mol. The molecule has 100 valence electrons. The molecule has 0 atom stereocenters. The van der Waals surface area contributed by atoms with E-state index in [1.54, 1.807) is 22.7 Å². The van der Waals surface area contributed by atoms with Gasteiger partial charge in [-0.05, 0) is 29.8 Å². The number of hydrogen-bond donors (Lipinski definition) is 0. The number of benzene rings is 2. The summed E-state index contributed by atoms with van der Waals surface area (Å²) in [6.45, 7) is 0. The van der Waals surface area contributed by atoms with Gasteiger partial charge in [-0.15, -0.1) is 11.8 Å². The minimum absolute atomic E-state index is 0.0323. The van der Waals surface area contributed by atoms with E-state index in [2.05, 4.69) is 15.9 Å². The molecule has 0 saturated heterocycles. The Morgan fingerprint density at radius 2 is 1.70 bits per heavy atom. The fourth-order valence-corrected chi connectivity index (χ4v) is 3.32. The Morgan fingerprint density at radius 3 is 2.35 bits per heavy atom. The maximum Gasteiger partial charge on any atom is 0.252 e. The molecule has 20 heavy (non-hydrogen) atoms. The number of hydrogen-bond acceptors (Lipinski definition) is 2. The van der Waals surface area contributed by atoms with Crippen LogP contribution in [0.1, 0.15) is 5.56 Å². The standard InChI is InChI=1S/C16H12BrNOS/c17-13-6-8-14(9-7-13)18-11-20-15(10-16(18)19)12-4-2-1-3-5-12/h1-10H,11H2. The second kappa shape index (κ2) is 5.85. The average Bonchev–Trinajstić information content (AvgIpc) is 2.49. The molecule has 2 nitrogen and oxygen atoms in total. The topological polar surface area (TPSA) is 20.3 Å². The third-order valence-electron chi connectivity index (χ3n) is 3.07. The van der Waals surface area contributed by atoms with Crippen LogP contribution in [0.4, 0.5) is 5.69 Å². The number of amides is 1. The molecule has 4 heteroatoms. The summed E-state index contributed by atoms with van der Waals surface area (Å²) < 4.78 is 1.01. The molecule has 1 aliphatic rings. The van der Waals surface area contributed by atoms with Crippen molar-refractivity contribution in [1.29, 1.82) is 0 Å². The van der Waals surface area contributed by atoms with Gasteiger partial charge in [-0.3, -0.25) is 9.69 Å². The van der Waals surface area contributed by atoms with Gasteiger partial charge in [0.2, 0.25) is 0 Å². The van der Waals surface area contributed by atoms with Gasteiger partial charge in [-0.25, -0.2) is 0 Å². The highest BCUT2D eigenvalue weighted by Gasteiger charge is 2.21. The van der Waals surface area contributed by atoms with Crippen molar-refractivity contribution in [2.45, 2.75) is 0 Å². The summed E-state index contributed by atoms with van der Waals surface area (Å²) in [5, 5.41) is 0. The minimum Gasteiger partial charge on any atom is -0.299 e. The monoisotopic (exact) mass is 345 g/mol. The van der Waals surface area contributed by atoms with Gasteiger partial charge in [0, 0.05) is 21.1 Å². The van der Waals surface area contributed by atoms with Crippen molar-refractivity contribution in [3.63, 3.8) is 0 Å². The molecule has 0 aromatic heterocycles. The fraction of sp³-hybridized carbons (Fsp3) is 0.0625. The van der Waals surface area contributed by atoms with E-state index in [1.807, 2.05) is 54.6 Å². The van der Waals surface area contributed by atoms with Crippen LogP contribution in [0.2, 0.25) is 0 Å². The van der Waals surface area contributed by atoms with Crippen molar-refractivity contribution in [3.05, 3.63) is 70.7 Å². The first-order valence-electron chi connectivity index (χ1n) is 6.21. The van der Waals surface area contributed by atoms with Crippen LogP contribution in [-0.2, 0) is 4.79 Å². The summed E-state index contributed by atoms with van der Waals surface area (Å²) in [6.07, 6.45) is 1.71. The van der Waals surface area contributed by atoms with Gasteiger partial charge in [0.05, 0.1) is 5.88 Å². The molecule has 1 aliphatic heterocycles. The first-order chi connectivity index (χ1) is 9.74. The summed E-state index contributed by atoms with van der Waals surface area (Å²) in [6, 6.07) is 17.8. The van der Waals surface area contributed by atoms with Crippen LogP contribution in [0.15, 0.2) is 65.1 Å². The molecule has 1 amide bonds. The normalized spacial score (nSPS) is 15.2. The van der Waals surface area contributed by atoms with Crippen molar-refractivity contribution in [3.8, 4) is 0 Å². The number of rotatable bonds is 2. The van der Waals surface area contributed by atoms with Crippen LogP contribution < -0.4 is 4.90 Å². The number of halogens is 1. The SMILES string of the molecule is O=C1C=C(c2ccccc2)SCN1c1ccc(Br)cc1. The highest BCUT2D eigenvalue weighted by molar-refractivity contribution is 9.10. The van der Waals surface area contributed by atoms with Crippen molar-refractivity contribution in [2.24, 2.45) is 0 Å². The maximum absolute atomic E-state index is 12.3. The summed E-state index contributed by atoms with van der Waals surface area (Å²) in [5.74, 6) is 0.672. The lowest BCUT2D eigenvalue weighted by atomic mass is 10.2. The third-order valence-corrected chi connectivity index (χ3v) is 4.65. The average molecular weight is 346 g/mol. The lowest BCUT2D eigenvalue weighted by molar-refractivity contribution is -0.114. The van der Waals surface area contributed by atoms with Gasteiger partial charge in [0.25, 0.3) is 5.91 Å². The third kappa shape index (κ3) is 2.81. The molecule has 2 aromatic rings. The second-order valence-corrected chi connectivity index (χ2v) is 6.29. The molecule has 0 unspecified atom stereocenters. The molecule has 3 rings (SSSR count). The Morgan fingerprint density at radius 1 is 1.00 bits per heavy atom. The molecule has 0 radical (unpaired) electrons. The number of carbonyl (C=O) groups is 1. The first kappa shape index (κ1) is 13.5. The van der Waals surface area contributed by atoms with E-state index in [0.717, 1.165) is 20.6 Å². The van der Waals surface area contributed by atoms with Gasteiger partial charge >= 0.3 is 0 Å². The van der Waals surface area contributed by atoms with Gasteiger partial charge in [0.15, 0.2) is 0 Å². The van der Waals surface area contributed by atoms with Crippen molar-refractivity contribution < 1.29 is 4.79 Å². The molecule has 1 heterocycles. The summed E-state index contributed by atoms with van der Waals surface area (Å²) >= 11 is 5.09. The molecular formula is C16H12BrNOS. The van der Waals surface area contributed by atoms with Crippen LogP contribution in [0.3, 0.4) is 0 Å². The van der Waals surface area contributed by atoms with Gasteiger partial charge in [0.1, 0.15) is 0 Å². The highest BCUT2D eigenvalue weighted by atomic mass is 79.9. The molecule has 0 spiro atoms. The zero-order valence-corrected chi connectivity index (χ0v) is 13.0. The summed E-state index contributed by atoms with van der Waals surface area (Å²) in [4.78, 5) is 15.1. The fourth-order valence-electron chi connectivity index (χ4n) is 2.02. The number of carbonyl (C=O) groups excluding carboxylic acids is 1. The maximum atomic E-state index is 12.3. The van der Waals surface area contributed by atoms with Crippen LogP contribution in [0.25, 0.3) is 4.91 Å². The predicted octanol–water partition coefficient (Wildman–Crippen LogP) is 4.53. The Hall–Kier alpha value is -1.52. The summed E-state index contributed by atoms with van der Waals surface area (Å²) in [7, 11) is 0. The Kier molecular flexibility index (Phi) is 3.94. The van der Waals surface area contributed by atoms with E-state index >= 15 is 0 Å². The van der Waals surface area contributed by atoms with Crippen LogP contribution in [0, 0.1) is 0 Å². The molecule has 0 fully saturated rings. The highest BCUT2D eigenvalue weighted by Crippen LogP contribution is 2.34. The van der Waals surface area contributed by atoms with E-state index in [9.17, 15) is 4.79 Å². The Bertz CT molecular complexity index is 652. The molecular weight excluding hydrogens is 334 g/mol. The molecule has 2 aromatic carbocycles. The minimum atomic E-state index is 0.0323. The zero-order chi connectivity index (χ0) is 13.9. The van der Waals surface area contributed by atoms with Gasteiger partial charge in [-0.2, -0.15) is 0 Å². The second-order valence-electron chi connectivity index (χ2n) is 4.39. The number of thioether (sulfide) groups is 1. The first-order valence-corrected chi connectivity index (χ1v) is 7.99.